The van der Waals surface area contributed by atoms with Crippen LogP contribution in [-0.2, 0) is 13.1 Å². The molecule has 0 radical (unpaired) electrons. The van der Waals surface area contributed by atoms with Crippen molar-refractivity contribution in [2.75, 3.05) is 7.11 Å². The second-order valence-electron chi connectivity index (χ2n) is 4.35. The number of hydrogen-bond donors (Lipinski definition) is 1. The van der Waals surface area contributed by atoms with Crippen molar-refractivity contribution in [2.24, 2.45) is 5.73 Å². The molecule has 19 heavy (non-hydrogen) atoms. The first-order valence-electron chi connectivity index (χ1n) is 6.03. The molecule has 2 rings (SSSR count). The van der Waals surface area contributed by atoms with Gasteiger partial charge in [-0.25, -0.2) is 4.98 Å². The van der Waals surface area contributed by atoms with E-state index in [9.17, 15) is 4.79 Å². The van der Waals surface area contributed by atoms with E-state index < -0.39 is 0 Å². The van der Waals surface area contributed by atoms with E-state index >= 15 is 0 Å². The minimum Gasteiger partial charge on any atom is -0.496 e. The van der Waals surface area contributed by atoms with Crippen LogP contribution in [0.4, 0.5) is 0 Å². The van der Waals surface area contributed by atoms with Crippen LogP contribution in [0.1, 0.15) is 16.8 Å². The third-order valence-corrected chi connectivity index (χ3v) is 2.94. The SMILES string of the molecule is COc1cc(Cn2cnc(C)cc2=O)ccc1CN. The summed E-state index contributed by atoms with van der Waals surface area (Å²) in [5.41, 5.74) is 8.20. The van der Waals surface area contributed by atoms with Crippen molar-refractivity contribution in [3.63, 3.8) is 0 Å². The summed E-state index contributed by atoms with van der Waals surface area (Å²) >= 11 is 0. The topological polar surface area (TPSA) is 70.1 Å². The first-order valence-corrected chi connectivity index (χ1v) is 6.03. The molecular weight excluding hydrogens is 242 g/mol. The quantitative estimate of drug-likeness (QED) is 0.891. The van der Waals surface area contributed by atoms with Crippen LogP contribution in [0.3, 0.4) is 0 Å². The number of benzene rings is 1. The molecule has 0 aliphatic heterocycles. The smallest absolute Gasteiger partial charge is 0.253 e. The number of methoxy groups -OCH3 is 1. The highest BCUT2D eigenvalue weighted by Crippen LogP contribution is 2.19. The maximum Gasteiger partial charge on any atom is 0.253 e. The Morgan fingerprint density at radius 2 is 2.16 bits per heavy atom. The predicted molar refractivity (Wildman–Crippen MR) is 73.2 cm³/mol. The molecular formula is C14H17N3O2. The molecule has 1 aromatic heterocycles. The zero-order valence-electron chi connectivity index (χ0n) is 11.1. The summed E-state index contributed by atoms with van der Waals surface area (Å²) in [4.78, 5) is 15.9. The lowest BCUT2D eigenvalue weighted by Gasteiger charge is -2.10. The molecule has 2 aromatic rings. The van der Waals surface area contributed by atoms with Gasteiger partial charge in [-0.1, -0.05) is 12.1 Å². The van der Waals surface area contributed by atoms with Crippen molar-refractivity contribution < 1.29 is 4.74 Å². The Hall–Kier alpha value is -2.14. The average molecular weight is 259 g/mol. The average Bonchev–Trinajstić information content (AvgIpc) is 2.41. The van der Waals surface area contributed by atoms with Gasteiger partial charge in [-0.15, -0.1) is 0 Å². The molecule has 0 atom stereocenters. The van der Waals surface area contributed by atoms with E-state index in [4.69, 9.17) is 10.5 Å². The highest BCUT2D eigenvalue weighted by molar-refractivity contribution is 5.37. The Balaban J connectivity index is 2.30. The Labute approximate surface area is 111 Å². The second-order valence-corrected chi connectivity index (χ2v) is 4.35. The first-order chi connectivity index (χ1) is 9.13. The standard InChI is InChI=1S/C14H17N3O2/c1-10-5-14(18)17(9-16-10)8-11-3-4-12(7-15)13(6-11)19-2/h3-6,9H,7-8,15H2,1-2H3. The molecule has 0 bridgehead atoms. The molecule has 0 spiro atoms. The minimum absolute atomic E-state index is 0.0608. The number of rotatable bonds is 4. The van der Waals surface area contributed by atoms with Crippen LogP contribution in [0, 0.1) is 6.92 Å². The molecule has 0 amide bonds. The molecule has 5 nitrogen and oxygen atoms in total. The molecule has 0 unspecified atom stereocenters. The van der Waals surface area contributed by atoms with Crippen LogP contribution >= 0.6 is 0 Å². The van der Waals surface area contributed by atoms with Crippen LogP contribution in [0.5, 0.6) is 5.75 Å². The summed E-state index contributed by atoms with van der Waals surface area (Å²) in [7, 11) is 1.61. The van der Waals surface area contributed by atoms with Crippen molar-refractivity contribution in [3.8, 4) is 5.75 Å². The van der Waals surface area contributed by atoms with Gasteiger partial charge >= 0.3 is 0 Å². The molecule has 1 heterocycles. The summed E-state index contributed by atoms with van der Waals surface area (Å²) < 4.78 is 6.84. The molecule has 100 valence electrons. The van der Waals surface area contributed by atoms with E-state index in [0.717, 1.165) is 22.6 Å². The lowest BCUT2D eigenvalue weighted by molar-refractivity contribution is 0.409. The number of nitrogens with zero attached hydrogens (tertiary/aromatic N) is 2. The van der Waals surface area contributed by atoms with Crippen LogP contribution in [-0.4, -0.2) is 16.7 Å². The molecule has 5 heteroatoms. The minimum atomic E-state index is -0.0608. The number of aryl methyl sites for hydroxylation is 1. The molecule has 0 aliphatic rings. The zero-order valence-corrected chi connectivity index (χ0v) is 11.1. The van der Waals surface area contributed by atoms with E-state index in [-0.39, 0.29) is 5.56 Å². The maximum atomic E-state index is 11.8. The Morgan fingerprint density at radius 1 is 1.37 bits per heavy atom. The van der Waals surface area contributed by atoms with Crippen molar-refractivity contribution in [1.82, 2.24) is 9.55 Å². The Bertz CT molecular complexity index is 635. The zero-order chi connectivity index (χ0) is 13.8. The molecule has 0 saturated carbocycles. The van der Waals surface area contributed by atoms with Gasteiger partial charge in [0.15, 0.2) is 0 Å². The number of hydrogen-bond acceptors (Lipinski definition) is 4. The van der Waals surface area contributed by atoms with E-state index in [1.165, 1.54) is 6.07 Å². The second kappa shape index (κ2) is 5.67. The van der Waals surface area contributed by atoms with E-state index in [2.05, 4.69) is 4.98 Å². The van der Waals surface area contributed by atoms with E-state index in [0.29, 0.717) is 13.1 Å². The number of aromatic nitrogens is 2. The van der Waals surface area contributed by atoms with Crippen LogP contribution in [0.15, 0.2) is 35.4 Å². The van der Waals surface area contributed by atoms with E-state index in [1.807, 2.05) is 18.2 Å². The van der Waals surface area contributed by atoms with Gasteiger partial charge in [-0.3, -0.25) is 9.36 Å². The fourth-order valence-electron chi connectivity index (χ4n) is 1.89. The van der Waals surface area contributed by atoms with Gasteiger partial charge in [0.25, 0.3) is 5.56 Å². The monoisotopic (exact) mass is 259 g/mol. The normalized spacial score (nSPS) is 10.5. The van der Waals surface area contributed by atoms with Gasteiger partial charge in [0, 0.05) is 23.9 Å². The van der Waals surface area contributed by atoms with Gasteiger partial charge in [0.1, 0.15) is 5.75 Å². The van der Waals surface area contributed by atoms with Gasteiger partial charge < -0.3 is 10.5 Å². The van der Waals surface area contributed by atoms with Gasteiger partial charge in [0.2, 0.25) is 0 Å². The summed E-state index contributed by atoms with van der Waals surface area (Å²) in [5.74, 6) is 0.744. The van der Waals surface area contributed by atoms with E-state index in [1.54, 1.807) is 24.9 Å². The third-order valence-electron chi connectivity index (χ3n) is 2.94. The summed E-state index contributed by atoms with van der Waals surface area (Å²) in [6.07, 6.45) is 1.56. The van der Waals surface area contributed by atoms with Crippen LogP contribution in [0.25, 0.3) is 0 Å². The fraction of sp³-hybridized carbons (Fsp3) is 0.286. The molecule has 0 fully saturated rings. The highest BCUT2D eigenvalue weighted by Gasteiger charge is 2.04. The first kappa shape index (κ1) is 13.3. The largest absolute Gasteiger partial charge is 0.496 e. The number of nitrogens with two attached hydrogens (primary N) is 1. The van der Waals surface area contributed by atoms with Crippen LogP contribution < -0.4 is 16.0 Å². The fourth-order valence-corrected chi connectivity index (χ4v) is 1.89. The lowest BCUT2D eigenvalue weighted by Crippen LogP contribution is -2.20. The number of ether oxygens (including phenoxy) is 1. The molecule has 1 aromatic carbocycles. The van der Waals surface area contributed by atoms with Crippen molar-refractivity contribution in [3.05, 3.63) is 57.8 Å². The summed E-state index contributed by atoms with van der Waals surface area (Å²) in [5, 5.41) is 0. The van der Waals surface area contributed by atoms with Crippen LogP contribution in [0.2, 0.25) is 0 Å². The molecule has 0 aliphatic carbocycles. The van der Waals surface area contributed by atoms with Gasteiger partial charge in [0.05, 0.1) is 20.0 Å². The Kier molecular flexibility index (Phi) is 3.97. The predicted octanol–water partition coefficient (Wildman–Crippen LogP) is 1.07. The Morgan fingerprint density at radius 3 is 2.79 bits per heavy atom. The van der Waals surface area contributed by atoms with Gasteiger partial charge in [-0.05, 0) is 18.6 Å². The summed E-state index contributed by atoms with van der Waals surface area (Å²) in [6.45, 7) is 2.69. The van der Waals surface area contributed by atoms with Crippen molar-refractivity contribution in [2.45, 2.75) is 20.0 Å². The van der Waals surface area contributed by atoms with Crippen molar-refractivity contribution >= 4 is 0 Å². The third kappa shape index (κ3) is 3.00. The van der Waals surface area contributed by atoms with Gasteiger partial charge in [-0.2, -0.15) is 0 Å². The summed E-state index contributed by atoms with van der Waals surface area (Å²) in [6, 6.07) is 7.28. The van der Waals surface area contributed by atoms with Crippen molar-refractivity contribution in [1.29, 1.82) is 0 Å². The molecule has 2 N–H and O–H groups in total. The lowest BCUT2D eigenvalue weighted by atomic mass is 10.1. The molecule has 0 saturated heterocycles. The maximum absolute atomic E-state index is 11.8. The highest BCUT2D eigenvalue weighted by atomic mass is 16.5.